The fraction of sp³-hybridized carbons (Fsp3) is 0.400. The molecule has 0 saturated carbocycles. The van der Waals surface area contributed by atoms with Crippen LogP contribution in [0.5, 0.6) is 0 Å². The zero-order valence-electron chi connectivity index (χ0n) is 7.60. The van der Waals surface area contributed by atoms with E-state index in [0.717, 1.165) is 10.5 Å². The summed E-state index contributed by atoms with van der Waals surface area (Å²) in [6.45, 7) is 4.00. The van der Waals surface area contributed by atoms with Gasteiger partial charge in [-0.2, -0.15) is 0 Å². The Morgan fingerprint density at radius 1 is 1.33 bits per heavy atom. The zero-order valence-corrected chi connectivity index (χ0v) is 8.41. The molecule has 0 fully saturated rings. The summed E-state index contributed by atoms with van der Waals surface area (Å²) in [5, 5.41) is 0. The molecule has 0 aliphatic rings. The molecule has 66 valence electrons. The Balaban J connectivity index is 3.14. The summed E-state index contributed by atoms with van der Waals surface area (Å²) in [6.07, 6.45) is 1.89. The predicted octanol–water partition coefficient (Wildman–Crippen LogP) is 3.67. The SMILES string of the molecule is CSc1cccc(C(C)C)c1F. The first kappa shape index (κ1) is 9.59. The van der Waals surface area contributed by atoms with Crippen LogP contribution < -0.4 is 0 Å². The number of benzene rings is 1. The van der Waals surface area contributed by atoms with Crippen molar-refractivity contribution in [2.45, 2.75) is 24.7 Å². The van der Waals surface area contributed by atoms with Crippen LogP contribution in [0.1, 0.15) is 25.3 Å². The number of halogens is 1. The Bertz CT molecular complexity index is 269. The van der Waals surface area contributed by atoms with E-state index in [-0.39, 0.29) is 11.7 Å². The minimum absolute atomic E-state index is 0.0556. The van der Waals surface area contributed by atoms with Crippen LogP contribution in [0.3, 0.4) is 0 Å². The minimum Gasteiger partial charge on any atom is -0.205 e. The second-order valence-electron chi connectivity index (χ2n) is 3.02. The summed E-state index contributed by atoms with van der Waals surface area (Å²) < 4.78 is 13.5. The largest absolute Gasteiger partial charge is 0.205 e. The summed E-state index contributed by atoms with van der Waals surface area (Å²) in [7, 11) is 0. The molecule has 2 heteroatoms. The minimum atomic E-state index is -0.0556. The first-order chi connectivity index (χ1) is 5.66. The van der Waals surface area contributed by atoms with E-state index in [1.807, 2.05) is 38.3 Å². The molecular weight excluding hydrogens is 171 g/mol. The first-order valence-corrected chi connectivity index (χ1v) is 5.21. The molecule has 0 amide bonds. The van der Waals surface area contributed by atoms with E-state index in [9.17, 15) is 4.39 Å². The zero-order chi connectivity index (χ0) is 9.14. The first-order valence-electron chi connectivity index (χ1n) is 3.99. The normalized spacial score (nSPS) is 10.8. The van der Waals surface area contributed by atoms with Gasteiger partial charge in [0.05, 0.1) is 0 Å². The van der Waals surface area contributed by atoms with Crippen LogP contribution >= 0.6 is 11.8 Å². The van der Waals surface area contributed by atoms with Crippen molar-refractivity contribution in [1.82, 2.24) is 0 Å². The lowest BCUT2D eigenvalue weighted by molar-refractivity contribution is 0.574. The van der Waals surface area contributed by atoms with Crippen LogP contribution in [-0.2, 0) is 0 Å². The molecule has 12 heavy (non-hydrogen) atoms. The van der Waals surface area contributed by atoms with Crippen LogP contribution in [-0.4, -0.2) is 6.26 Å². The third kappa shape index (κ3) is 1.81. The molecule has 0 aromatic heterocycles. The maximum atomic E-state index is 13.5. The molecule has 0 bridgehead atoms. The lowest BCUT2D eigenvalue weighted by atomic mass is 10.0. The summed E-state index contributed by atoms with van der Waals surface area (Å²) in [6, 6.07) is 5.57. The number of hydrogen-bond donors (Lipinski definition) is 0. The van der Waals surface area contributed by atoms with Gasteiger partial charge in [-0.15, -0.1) is 11.8 Å². The van der Waals surface area contributed by atoms with E-state index >= 15 is 0 Å². The molecule has 1 aromatic carbocycles. The van der Waals surface area contributed by atoms with Crippen molar-refractivity contribution in [2.24, 2.45) is 0 Å². The van der Waals surface area contributed by atoms with E-state index < -0.39 is 0 Å². The van der Waals surface area contributed by atoms with Crippen LogP contribution in [0, 0.1) is 5.82 Å². The third-order valence-electron chi connectivity index (χ3n) is 1.84. The Kier molecular flexibility index (Phi) is 3.15. The van der Waals surface area contributed by atoms with E-state index in [0.29, 0.717) is 0 Å². The van der Waals surface area contributed by atoms with Crippen LogP contribution in [0.25, 0.3) is 0 Å². The number of hydrogen-bond acceptors (Lipinski definition) is 1. The smallest absolute Gasteiger partial charge is 0.140 e. The van der Waals surface area contributed by atoms with Crippen molar-refractivity contribution in [3.05, 3.63) is 29.6 Å². The van der Waals surface area contributed by atoms with Gasteiger partial charge in [-0.1, -0.05) is 26.0 Å². The molecule has 0 aliphatic carbocycles. The molecule has 0 aliphatic heterocycles. The van der Waals surface area contributed by atoms with Crippen molar-refractivity contribution in [2.75, 3.05) is 6.26 Å². The number of thioether (sulfide) groups is 1. The Hall–Kier alpha value is -0.500. The summed E-state index contributed by atoms with van der Waals surface area (Å²) in [5.41, 5.74) is 0.807. The third-order valence-corrected chi connectivity index (χ3v) is 2.59. The Morgan fingerprint density at radius 3 is 2.50 bits per heavy atom. The number of rotatable bonds is 2. The van der Waals surface area contributed by atoms with Crippen molar-refractivity contribution in [1.29, 1.82) is 0 Å². The van der Waals surface area contributed by atoms with Gasteiger partial charge in [-0.25, -0.2) is 4.39 Å². The average Bonchev–Trinajstić information content (AvgIpc) is 2.04. The fourth-order valence-electron chi connectivity index (χ4n) is 1.13. The van der Waals surface area contributed by atoms with Gasteiger partial charge >= 0.3 is 0 Å². The van der Waals surface area contributed by atoms with Gasteiger partial charge in [0, 0.05) is 4.90 Å². The molecule has 0 nitrogen and oxygen atoms in total. The molecule has 0 N–H and O–H groups in total. The van der Waals surface area contributed by atoms with Crippen molar-refractivity contribution >= 4 is 11.8 Å². The lowest BCUT2D eigenvalue weighted by Crippen LogP contribution is -1.93. The maximum absolute atomic E-state index is 13.5. The monoisotopic (exact) mass is 184 g/mol. The maximum Gasteiger partial charge on any atom is 0.140 e. The van der Waals surface area contributed by atoms with E-state index in [1.54, 1.807) is 0 Å². The highest BCUT2D eigenvalue weighted by atomic mass is 32.2. The van der Waals surface area contributed by atoms with Crippen molar-refractivity contribution in [3.8, 4) is 0 Å². The summed E-state index contributed by atoms with van der Waals surface area (Å²) >= 11 is 1.45. The summed E-state index contributed by atoms with van der Waals surface area (Å²) in [4.78, 5) is 0.737. The van der Waals surface area contributed by atoms with Crippen LogP contribution in [0.15, 0.2) is 23.1 Å². The van der Waals surface area contributed by atoms with Gasteiger partial charge in [-0.3, -0.25) is 0 Å². The molecule has 0 radical (unpaired) electrons. The van der Waals surface area contributed by atoms with Gasteiger partial charge in [0.25, 0.3) is 0 Å². The van der Waals surface area contributed by atoms with Gasteiger partial charge in [-0.05, 0) is 23.8 Å². The molecule has 0 unspecified atom stereocenters. The summed E-state index contributed by atoms with van der Waals surface area (Å²) in [5.74, 6) is 0.206. The quantitative estimate of drug-likeness (QED) is 0.632. The van der Waals surface area contributed by atoms with Gasteiger partial charge in [0.15, 0.2) is 0 Å². The molecule has 1 aromatic rings. The van der Waals surface area contributed by atoms with Gasteiger partial charge in [0.2, 0.25) is 0 Å². The molecule has 1 rings (SSSR count). The topological polar surface area (TPSA) is 0 Å². The van der Waals surface area contributed by atoms with Crippen molar-refractivity contribution < 1.29 is 4.39 Å². The standard InChI is InChI=1S/C10H13FS/c1-7(2)8-5-4-6-9(12-3)10(8)11/h4-7H,1-3H3. The van der Waals surface area contributed by atoms with E-state index in [1.165, 1.54) is 11.8 Å². The molecule has 0 saturated heterocycles. The predicted molar refractivity (Wildman–Crippen MR) is 52.3 cm³/mol. The van der Waals surface area contributed by atoms with E-state index in [4.69, 9.17) is 0 Å². The van der Waals surface area contributed by atoms with Gasteiger partial charge in [0.1, 0.15) is 5.82 Å². The van der Waals surface area contributed by atoms with Crippen LogP contribution in [0.4, 0.5) is 4.39 Å². The molecule has 0 spiro atoms. The highest BCUT2D eigenvalue weighted by molar-refractivity contribution is 7.98. The highest BCUT2D eigenvalue weighted by Gasteiger charge is 2.09. The molecular formula is C10H13FS. The Morgan fingerprint density at radius 2 is 2.00 bits per heavy atom. The average molecular weight is 184 g/mol. The van der Waals surface area contributed by atoms with Gasteiger partial charge < -0.3 is 0 Å². The van der Waals surface area contributed by atoms with E-state index in [2.05, 4.69) is 0 Å². The fourth-order valence-corrected chi connectivity index (χ4v) is 1.64. The lowest BCUT2D eigenvalue weighted by Gasteiger charge is -2.08. The Labute approximate surface area is 77.2 Å². The highest BCUT2D eigenvalue weighted by Crippen LogP contribution is 2.26. The van der Waals surface area contributed by atoms with Crippen molar-refractivity contribution in [3.63, 3.8) is 0 Å². The molecule has 0 atom stereocenters. The second-order valence-corrected chi connectivity index (χ2v) is 3.87. The molecule has 0 heterocycles. The van der Waals surface area contributed by atoms with Crippen LogP contribution in [0.2, 0.25) is 0 Å². The second kappa shape index (κ2) is 3.94.